The molecule has 6 nitrogen and oxygen atoms in total. The highest BCUT2D eigenvalue weighted by molar-refractivity contribution is 5.67. The SMILES string of the molecule is C=C(C)c1ccc(C(C)NC(=C)c2cc(C(=C)C)nc3nc(C#N)nn23)cc1. The molecule has 1 unspecified atom stereocenters. The predicted octanol–water partition coefficient (Wildman–Crippen LogP) is 4.38. The summed E-state index contributed by atoms with van der Waals surface area (Å²) in [5.41, 5.74) is 6.07. The second-order valence-electron chi connectivity index (χ2n) is 6.81. The Balaban J connectivity index is 1.94. The number of nitrogens with one attached hydrogen (secondary N) is 1. The molecule has 0 saturated carbocycles. The number of hydrogen-bond acceptors (Lipinski definition) is 5. The average molecular weight is 370 g/mol. The molecule has 0 fully saturated rings. The van der Waals surface area contributed by atoms with E-state index in [0.29, 0.717) is 22.9 Å². The quantitative estimate of drug-likeness (QED) is 0.696. The van der Waals surface area contributed by atoms with Crippen LogP contribution in [0.4, 0.5) is 0 Å². The van der Waals surface area contributed by atoms with Crippen LogP contribution in [-0.2, 0) is 0 Å². The van der Waals surface area contributed by atoms with E-state index in [1.54, 1.807) is 0 Å². The summed E-state index contributed by atoms with van der Waals surface area (Å²) >= 11 is 0. The molecule has 140 valence electrons. The molecule has 0 saturated heterocycles. The van der Waals surface area contributed by atoms with Gasteiger partial charge in [-0.2, -0.15) is 14.8 Å². The number of rotatable bonds is 6. The van der Waals surface area contributed by atoms with Crippen LogP contribution in [0.2, 0.25) is 0 Å². The van der Waals surface area contributed by atoms with Crippen molar-refractivity contribution in [1.82, 2.24) is 24.9 Å². The van der Waals surface area contributed by atoms with E-state index in [1.165, 1.54) is 4.52 Å². The van der Waals surface area contributed by atoms with Gasteiger partial charge in [0.25, 0.3) is 11.6 Å². The number of nitriles is 1. The topological polar surface area (TPSA) is 78.9 Å². The standard InChI is InChI=1S/C22H22N6/c1-13(2)17-7-9-18(10-8-17)15(5)24-16(6)20-11-19(14(3)4)25-22-26-21(12-23)27-28(20)22/h7-11,15,24H,1,3,6H2,2,4-5H3. The molecule has 6 heteroatoms. The van der Waals surface area contributed by atoms with Crippen molar-refractivity contribution in [3.63, 3.8) is 0 Å². The van der Waals surface area contributed by atoms with E-state index in [9.17, 15) is 0 Å². The fraction of sp³-hybridized carbons (Fsp3) is 0.182. The fourth-order valence-corrected chi connectivity index (χ4v) is 2.82. The predicted molar refractivity (Wildman–Crippen MR) is 112 cm³/mol. The van der Waals surface area contributed by atoms with E-state index in [0.717, 1.165) is 22.3 Å². The summed E-state index contributed by atoms with van der Waals surface area (Å²) in [6.07, 6.45) is 0. The molecule has 1 N–H and O–H groups in total. The monoisotopic (exact) mass is 370 g/mol. The van der Waals surface area contributed by atoms with E-state index in [1.807, 2.05) is 26.0 Å². The first-order valence-electron chi connectivity index (χ1n) is 8.85. The molecule has 1 aromatic carbocycles. The molecule has 0 amide bonds. The Labute approximate surface area is 164 Å². The van der Waals surface area contributed by atoms with Crippen molar-refractivity contribution in [2.24, 2.45) is 0 Å². The molecule has 0 aliphatic carbocycles. The fourth-order valence-electron chi connectivity index (χ4n) is 2.82. The van der Waals surface area contributed by atoms with Crippen molar-refractivity contribution in [1.29, 1.82) is 5.26 Å². The van der Waals surface area contributed by atoms with Gasteiger partial charge in [-0.3, -0.25) is 0 Å². The number of nitrogens with zero attached hydrogens (tertiary/aromatic N) is 5. The van der Waals surface area contributed by atoms with Gasteiger partial charge in [0.05, 0.1) is 17.1 Å². The van der Waals surface area contributed by atoms with Gasteiger partial charge in [-0.1, -0.05) is 49.6 Å². The zero-order chi connectivity index (χ0) is 20.4. The van der Waals surface area contributed by atoms with Crippen LogP contribution in [0.1, 0.15) is 55.2 Å². The molecule has 2 heterocycles. The maximum absolute atomic E-state index is 9.12. The molecule has 3 rings (SSSR count). The van der Waals surface area contributed by atoms with Crippen molar-refractivity contribution >= 4 is 22.6 Å². The Hall–Kier alpha value is -3.72. The summed E-state index contributed by atoms with van der Waals surface area (Å²) in [5, 5.41) is 16.7. The lowest BCUT2D eigenvalue weighted by Gasteiger charge is -2.19. The maximum atomic E-state index is 9.12. The van der Waals surface area contributed by atoms with Gasteiger partial charge in [-0.05, 0) is 43.5 Å². The first kappa shape index (κ1) is 19.1. The molecular formula is C22H22N6. The van der Waals surface area contributed by atoms with Gasteiger partial charge in [-0.25, -0.2) is 4.98 Å². The van der Waals surface area contributed by atoms with Crippen LogP contribution in [-0.4, -0.2) is 19.6 Å². The highest BCUT2D eigenvalue weighted by atomic mass is 15.3. The first-order chi connectivity index (χ1) is 13.3. The van der Waals surface area contributed by atoms with Crippen molar-refractivity contribution in [3.8, 4) is 6.07 Å². The highest BCUT2D eigenvalue weighted by Crippen LogP contribution is 2.22. The summed E-state index contributed by atoms with van der Waals surface area (Å²) < 4.78 is 1.53. The van der Waals surface area contributed by atoms with Crippen LogP contribution in [0.25, 0.3) is 22.6 Å². The van der Waals surface area contributed by atoms with Crippen LogP contribution in [0, 0.1) is 11.3 Å². The molecular weight excluding hydrogens is 348 g/mol. The van der Waals surface area contributed by atoms with Crippen molar-refractivity contribution in [3.05, 3.63) is 78.4 Å². The van der Waals surface area contributed by atoms with Crippen molar-refractivity contribution in [2.45, 2.75) is 26.8 Å². The molecule has 0 bridgehead atoms. The number of fused-ring (bicyclic) bond motifs is 1. The van der Waals surface area contributed by atoms with Crippen molar-refractivity contribution < 1.29 is 0 Å². The largest absolute Gasteiger partial charge is 0.377 e. The Kier molecular flexibility index (Phi) is 5.10. The Morgan fingerprint density at radius 2 is 1.79 bits per heavy atom. The highest BCUT2D eigenvalue weighted by Gasteiger charge is 2.15. The van der Waals surface area contributed by atoms with Crippen LogP contribution in [0.15, 0.2) is 50.1 Å². The molecule has 28 heavy (non-hydrogen) atoms. The lowest BCUT2D eigenvalue weighted by Crippen LogP contribution is -2.19. The van der Waals surface area contributed by atoms with Gasteiger partial charge in [0.2, 0.25) is 0 Å². The molecule has 3 aromatic rings. The van der Waals surface area contributed by atoms with Crippen LogP contribution >= 0.6 is 0 Å². The number of allylic oxidation sites excluding steroid dienone is 2. The summed E-state index contributed by atoms with van der Waals surface area (Å²) in [6.45, 7) is 18.0. The first-order valence-corrected chi connectivity index (χ1v) is 8.85. The van der Waals surface area contributed by atoms with E-state index in [2.05, 4.69) is 71.3 Å². The second kappa shape index (κ2) is 7.49. The summed E-state index contributed by atoms with van der Waals surface area (Å²) in [4.78, 5) is 8.55. The smallest absolute Gasteiger partial charge is 0.254 e. The third kappa shape index (κ3) is 3.69. The zero-order valence-corrected chi connectivity index (χ0v) is 16.3. The third-order valence-electron chi connectivity index (χ3n) is 4.45. The molecule has 0 spiro atoms. The molecule has 1 atom stereocenters. The summed E-state index contributed by atoms with van der Waals surface area (Å²) in [5.74, 6) is 0.400. The number of benzene rings is 1. The average Bonchev–Trinajstić information content (AvgIpc) is 3.10. The van der Waals surface area contributed by atoms with Gasteiger partial charge in [0, 0.05) is 6.04 Å². The number of hydrogen-bond donors (Lipinski definition) is 1. The maximum Gasteiger partial charge on any atom is 0.254 e. The molecule has 2 aromatic heterocycles. The minimum Gasteiger partial charge on any atom is -0.377 e. The van der Waals surface area contributed by atoms with E-state index < -0.39 is 0 Å². The summed E-state index contributed by atoms with van der Waals surface area (Å²) in [7, 11) is 0. The van der Waals surface area contributed by atoms with E-state index in [-0.39, 0.29) is 11.9 Å². The normalized spacial score (nSPS) is 11.6. The molecule has 0 radical (unpaired) electrons. The minimum absolute atomic E-state index is 0.0159. The second-order valence-corrected chi connectivity index (χ2v) is 6.81. The lowest BCUT2D eigenvalue weighted by molar-refractivity contribution is 0.695. The van der Waals surface area contributed by atoms with Gasteiger partial charge >= 0.3 is 0 Å². The Morgan fingerprint density at radius 3 is 2.36 bits per heavy atom. The Bertz CT molecular complexity index is 1130. The number of aromatic nitrogens is 4. The third-order valence-corrected chi connectivity index (χ3v) is 4.45. The molecule has 0 aliphatic rings. The Morgan fingerprint density at radius 1 is 1.11 bits per heavy atom. The van der Waals surface area contributed by atoms with Crippen LogP contribution in [0.3, 0.4) is 0 Å². The zero-order valence-electron chi connectivity index (χ0n) is 16.3. The minimum atomic E-state index is 0.0159. The van der Waals surface area contributed by atoms with Gasteiger partial charge in [0.1, 0.15) is 6.07 Å². The van der Waals surface area contributed by atoms with Crippen LogP contribution in [0.5, 0.6) is 0 Å². The summed E-state index contributed by atoms with van der Waals surface area (Å²) in [6, 6.07) is 12.1. The van der Waals surface area contributed by atoms with E-state index in [4.69, 9.17) is 5.26 Å². The van der Waals surface area contributed by atoms with Gasteiger partial charge in [-0.15, -0.1) is 5.10 Å². The van der Waals surface area contributed by atoms with Gasteiger partial charge in [0.15, 0.2) is 0 Å². The van der Waals surface area contributed by atoms with Crippen LogP contribution < -0.4 is 5.32 Å². The molecule has 0 aliphatic heterocycles. The van der Waals surface area contributed by atoms with E-state index >= 15 is 0 Å². The lowest BCUT2D eigenvalue weighted by atomic mass is 10.0. The van der Waals surface area contributed by atoms with Crippen molar-refractivity contribution in [2.75, 3.05) is 0 Å². The van der Waals surface area contributed by atoms with Gasteiger partial charge < -0.3 is 5.32 Å².